The summed E-state index contributed by atoms with van der Waals surface area (Å²) < 4.78 is 2.04. The molecule has 8 heteroatoms. The van der Waals surface area contributed by atoms with Crippen molar-refractivity contribution in [3.05, 3.63) is 40.9 Å². The van der Waals surface area contributed by atoms with E-state index in [9.17, 15) is 9.59 Å². The second kappa shape index (κ2) is 6.29. The number of halogens is 1. The lowest BCUT2D eigenvalue weighted by atomic mass is 10.3. The van der Waals surface area contributed by atoms with Crippen LogP contribution in [0.3, 0.4) is 0 Å². The van der Waals surface area contributed by atoms with Gasteiger partial charge < -0.3 is 10.6 Å². The van der Waals surface area contributed by atoms with Crippen LogP contribution < -0.4 is 10.6 Å². The molecule has 0 aliphatic carbocycles. The summed E-state index contributed by atoms with van der Waals surface area (Å²) in [5.41, 5.74) is 0.781. The van der Waals surface area contributed by atoms with Crippen LogP contribution in [-0.2, 0) is 11.3 Å². The number of pyridine rings is 1. The first-order valence-electron chi connectivity index (χ1n) is 5.75. The highest BCUT2D eigenvalue weighted by molar-refractivity contribution is 9.10. The molecule has 20 heavy (non-hydrogen) atoms. The first kappa shape index (κ1) is 14.2. The van der Waals surface area contributed by atoms with Gasteiger partial charge in [0.1, 0.15) is 12.2 Å². The summed E-state index contributed by atoms with van der Waals surface area (Å²) in [5, 5.41) is 9.14. The maximum Gasteiger partial charge on any atom is 0.275 e. The molecular formula is C12H12BrN5O2. The van der Waals surface area contributed by atoms with Crippen LogP contribution in [0.5, 0.6) is 0 Å². The number of aromatic nitrogens is 3. The zero-order chi connectivity index (χ0) is 14.5. The van der Waals surface area contributed by atoms with Crippen LogP contribution in [-0.4, -0.2) is 33.6 Å². The van der Waals surface area contributed by atoms with Crippen molar-refractivity contribution in [2.24, 2.45) is 0 Å². The van der Waals surface area contributed by atoms with Gasteiger partial charge in [-0.25, -0.2) is 4.98 Å². The summed E-state index contributed by atoms with van der Waals surface area (Å²) in [5.74, 6) is -0.518. The number of rotatable bonds is 4. The van der Waals surface area contributed by atoms with Gasteiger partial charge in [-0.2, -0.15) is 5.10 Å². The Labute approximate surface area is 123 Å². The van der Waals surface area contributed by atoms with E-state index in [0.717, 1.165) is 0 Å². The van der Waals surface area contributed by atoms with Gasteiger partial charge in [-0.15, -0.1) is 0 Å². The van der Waals surface area contributed by atoms with Crippen LogP contribution >= 0.6 is 15.9 Å². The van der Waals surface area contributed by atoms with E-state index in [4.69, 9.17) is 0 Å². The van der Waals surface area contributed by atoms with E-state index in [2.05, 4.69) is 36.6 Å². The highest BCUT2D eigenvalue weighted by Crippen LogP contribution is 2.15. The van der Waals surface area contributed by atoms with Crippen molar-refractivity contribution in [2.45, 2.75) is 6.54 Å². The fourth-order valence-electron chi connectivity index (χ4n) is 1.48. The van der Waals surface area contributed by atoms with Crippen molar-refractivity contribution in [3.63, 3.8) is 0 Å². The average Bonchev–Trinajstić information content (AvgIpc) is 2.86. The number of hydrogen-bond acceptors (Lipinski definition) is 4. The molecule has 0 unspecified atom stereocenters. The summed E-state index contributed by atoms with van der Waals surface area (Å²) in [6, 6.07) is 3.46. The molecule has 2 heterocycles. The highest BCUT2D eigenvalue weighted by Gasteiger charge is 2.12. The number of nitrogens with one attached hydrogen (secondary N) is 2. The lowest BCUT2D eigenvalue weighted by Gasteiger charge is -2.03. The topological polar surface area (TPSA) is 88.9 Å². The quantitative estimate of drug-likeness (QED) is 0.872. The van der Waals surface area contributed by atoms with Crippen molar-refractivity contribution < 1.29 is 9.59 Å². The summed E-state index contributed by atoms with van der Waals surface area (Å²) in [6.45, 7) is 0.0969. The molecular weight excluding hydrogens is 326 g/mol. The largest absolute Gasteiger partial charge is 0.358 e. The maximum atomic E-state index is 12.0. The number of nitrogens with zero attached hydrogens (tertiary/aromatic N) is 3. The van der Waals surface area contributed by atoms with Crippen LogP contribution in [0.2, 0.25) is 0 Å². The number of carbonyl (C=O) groups excluding carboxylic acids is 2. The molecule has 0 fully saturated rings. The minimum absolute atomic E-state index is 0.0969. The molecule has 0 atom stereocenters. The van der Waals surface area contributed by atoms with Crippen LogP contribution in [0.25, 0.3) is 0 Å². The van der Waals surface area contributed by atoms with Crippen molar-refractivity contribution in [3.8, 4) is 0 Å². The third-order valence-corrected chi connectivity index (χ3v) is 3.09. The van der Waals surface area contributed by atoms with E-state index in [1.807, 2.05) is 0 Å². The molecule has 2 N–H and O–H groups in total. The number of likely N-dealkylation sites (N-methyl/N-ethyl adjacent to an activating group) is 1. The lowest BCUT2D eigenvalue weighted by Crippen LogP contribution is -2.23. The van der Waals surface area contributed by atoms with Crippen molar-refractivity contribution in [1.29, 1.82) is 0 Å². The van der Waals surface area contributed by atoms with Crippen LogP contribution in [0.4, 0.5) is 5.69 Å². The van der Waals surface area contributed by atoms with E-state index in [0.29, 0.717) is 10.2 Å². The fraction of sp³-hybridized carbons (Fsp3) is 0.167. The van der Waals surface area contributed by atoms with Gasteiger partial charge in [-0.3, -0.25) is 14.3 Å². The molecule has 0 aliphatic heterocycles. The van der Waals surface area contributed by atoms with Gasteiger partial charge in [-0.1, -0.05) is 0 Å². The molecule has 2 rings (SSSR count). The molecule has 0 saturated carbocycles. The fourth-order valence-corrected chi connectivity index (χ4v) is 1.92. The molecule has 0 bridgehead atoms. The van der Waals surface area contributed by atoms with E-state index < -0.39 is 0 Å². The van der Waals surface area contributed by atoms with Gasteiger partial charge >= 0.3 is 0 Å². The van der Waals surface area contributed by atoms with Crippen LogP contribution in [0.15, 0.2) is 35.2 Å². The first-order valence-corrected chi connectivity index (χ1v) is 6.54. The Morgan fingerprint density at radius 3 is 2.95 bits per heavy atom. The third kappa shape index (κ3) is 3.41. The zero-order valence-corrected chi connectivity index (χ0v) is 12.2. The minimum atomic E-state index is -0.350. The molecule has 2 aromatic rings. The Bertz CT molecular complexity index is 640. The van der Waals surface area contributed by atoms with Gasteiger partial charge in [0.2, 0.25) is 5.91 Å². The first-order chi connectivity index (χ1) is 9.60. The second-order valence-electron chi connectivity index (χ2n) is 3.89. The Morgan fingerprint density at radius 1 is 1.45 bits per heavy atom. The molecule has 0 aromatic carbocycles. The van der Waals surface area contributed by atoms with Gasteiger partial charge in [0.15, 0.2) is 0 Å². The van der Waals surface area contributed by atoms with Crippen molar-refractivity contribution >= 4 is 33.4 Å². The van der Waals surface area contributed by atoms with E-state index in [1.54, 1.807) is 25.4 Å². The molecule has 2 aromatic heterocycles. The van der Waals surface area contributed by atoms with Gasteiger partial charge in [-0.05, 0) is 28.1 Å². The minimum Gasteiger partial charge on any atom is -0.358 e. The van der Waals surface area contributed by atoms with Gasteiger partial charge in [0, 0.05) is 23.9 Å². The number of anilines is 1. The van der Waals surface area contributed by atoms with Crippen LogP contribution in [0.1, 0.15) is 10.5 Å². The Morgan fingerprint density at radius 2 is 2.25 bits per heavy atom. The lowest BCUT2D eigenvalue weighted by molar-refractivity contribution is -0.121. The Hall–Kier alpha value is -2.22. The maximum absolute atomic E-state index is 12.0. The Balaban J connectivity index is 2.05. The zero-order valence-electron chi connectivity index (χ0n) is 10.6. The van der Waals surface area contributed by atoms with E-state index in [-0.39, 0.29) is 24.1 Å². The molecule has 0 aliphatic rings. The Kier molecular flexibility index (Phi) is 4.46. The molecule has 0 radical (unpaired) electrons. The SMILES string of the molecule is CNC(=O)Cn1cc(NC(=O)c2ncccc2Br)cn1. The molecule has 104 valence electrons. The van der Waals surface area contributed by atoms with E-state index >= 15 is 0 Å². The molecule has 2 amide bonds. The smallest absolute Gasteiger partial charge is 0.275 e. The second-order valence-corrected chi connectivity index (χ2v) is 4.74. The molecule has 0 spiro atoms. The molecule has 0 saturated heterocycles. The van der Waals surface area contributed by atoms with E-state index in [1.165, 1.54) is 17.1 Å². The highest BCUT2D eigenvalue weighted by atomic mass is 79.9. The number of carbonyl (C=O) groups is 2. The number of hydrogen-bond donors (Lipinski definition) is 2. The van der Waals surface area contributed by atoms with Gasteiger partial charge in [0.25, 0.3) is 5.91 Å². The van der Waals surface area contributed by atoms with Crippen LogP contribution in [0, 0.1) is 0 Å². The summed E-state index contributed by atoms with van der Waals surface area (Å²) >= 11 is 3.26. The normalized spacial score (nSPS) is 10.1. The number of amides is 2. The van der Waals surface area contributed by atoms with Crippen molar-refractivity contribution in [2.75, 3.05) is 12.4 Å². The summed E-state index contributed by atoms with van der Waals surface area (Å²) in [7, 11) is 1.55. The predicted molar refractivity (Wildman–Crippen MR) is 76.2 cm³/mol. The van der Waals surface area contributed by atoms with Crippen molar-refractivity contribution in [1.82, 2.24) is 20.1 Å². The predicted octanol–water partition coefficient (Wildman–Crippen LogP) is 1.04. The summed E-state index contributed by atoms with van der Waals surface area (Å²) in [6.07, 6.45) is 4.58. The summed E-state index contributed by atoms with van der Waals surface area (Å²) in [4.78, 5) is 27.2. The molecule has 7 nitrogen and oxygen atoms in total. The van der Waals surface area contributed by atoms with Gasteiger partial charge in [0.05, 0.1) is 11.9 Å². The third-order valence-electron chi connectivity index (χ3n) is 2.45. The average molecular weight is 338 g/mol. The standard InChI is InChI=1S/C12H12BrN5O2/c1-14-10(19)7-18-6-8(5-16-18)17-12(20)11-9(13)3-2-4-15-11/h2-6H,7H2,1H3,(H,14,19)(H,17,20). The monoisotopic (exact) mass is 337 g/mol.